The number of nitrogens with zero attached hydrogens (tertiary/aromatic N) is 1. The summed E-state index contributed by atoms with van der Waals surface area (Å²) in [5.74, 6) is 0.939. The number of hydrogen-bond donors (Lipinski definition) is 1. The third-order valence-electron chi connectivity index (χ3n) is 6.16. The van der Waals surface area contributed by atoms with Crippen LogP contribution in [0, 0.1) is 0 Å². The molecule has 0 radical (unpaired) electrons. The van der Waals surface area contributed by atoms with E-state index in [0.29, 0.717) is 32.9 Å². The van der Waals surface area contributed by atoms with Gasteiger partial charge < -0.3 is 24.4 Å². The van der Waals surface area contributed by atoms with E-state index in [2.05, 4.69) is 5.32 Å². The second-order valence-electron chi connectivity index (χ2n) is 8.61. The lowest BCUT2D eigenvalue weighted by atomic mass is 9.95. The summed E-state index contributed by atoms with van der Waals surface area (Å²) in [6.45, 7) is 1.58. The van der Waals surface area contributed by atoms with Gasteiger partial charge in [0.1, 0.15) is 23.3 Å². The van der Waals surface area contributed by atoms with Crippen LogP contribution in [0.15, 0.2) is 36.4 Å². The predicted molar refractivity (Wildman–Crippen MR) is 137 cm³/mol. The van der Waals surface area contributed by atoms with Gasteiger partial charge in [-0.15, -0.1) is 0 Å². The van der Waals surface area contributed by atoms with Gasteiger partial charge in [-0.05, 0) is 37.5 Å². The first-order chi connectivity index (χ1) is 16.8. The minimum absolute atomic E-state index is 0.135. The lowest BCUT2D eigenvalue weighted by Gasteiger charge is -2.31. The molecule has 1 unspecified atom stereocenters. The number of benzene rings is 2. The standard InChI is InChI=1S/C26H32Cl2N2O5/c1-17(26(32)29-20-7-5-4-6-8-20)30(15-18-9-10-19(27)11-24(18)28)25(31)16-35-23-13-21(33-2)12-22(14-23)34-3/h9-14,17,20H,4-8,15-16H2,1-3H3,(H,29,32). The molecule has 1 aliphatic rings. The quantitative estimate of drug-likeness (QED) is 0.460. The molecule has 2 aromatic rings. The van der Waals surface area contributed by atoms with Crippen molar-refractivity contribution >= 4 is 35.0 Å². The second kappa shape index (κ2) is 12.9. The molecule has 2 amide bonds. The fraction of sp³-hybridized carbons (Fsp3) is 0.462. The first kappa shape index (κ1) is 27.0. The molecule has 0 spiro atoms. The van der Waals surface area contributed by atoms with E-state index in [-0.39, 0.29) is 31.0 Å². The molecule has 0 heterocycles. The summed E-state index contributed by atoms with van der Waals surface area (Å²) in [5.41, 5.74) is 0.685. The molecule has 1 atom stereocenters. The molecular formula is C26H32Cl2N2O5. The predicted octanol–water partition coefficient (Wildman–Crippen LogP) is 5.26. The van der Waals surface area contributed by atoms with Crippen LogP contribution in [0.3, 0.4) is 0 Å². The van der Waals surface area contributed by atoms with Crippen LogP contribution in [0.25, 0.3) is 0 Å². The first-order valence-electron chi connectivity index (χ1n) is 11.7. The Hall–Kier alpha value is -2.64. The molecule has 35 heavy (non-hydrogen) atoms. The van der Waals surface area contributed by atoms with Gasteiger partial charge in [-0.25, -0.2) is 0 Å². The van der Waals surface area contributed by atoms with Crippen molar-refractivity contribution in [3.05, 3.63) is 52.0 Å². The molecule has 0 aromatic heterocycles. The van der Waals surface area contributed by atoms with Crippen LogP contribution in [0.4, 0.5) is 0 Å². The van der Waals surface area contributed by atoms with Crippen molar-refractivity contribution in [2.45, 2.75) is 57.7 Å². The van der Waals surface area contributed by atoms with Crippen LogP contribution >= 0.6 is 23.2 Å². The molecule has 1 N–H and O–H groups in total. The number of ether oxygens (including phenoxy) is 3. The number of carbonyl (C=O) groups excluding carboxylic acids is 2. The Kier molecular flexibility index (Phi) is 9.93. The summed E-state index contributed by atoms with van der Waals surface area (Å²) < 4.78 is 16.3. The van der Waals surface area contributed by atoms with E-state index in [4.69, 9.17) is 37.4 Å². The third-order valence-corrected chi connectivity index (χ3v) is 6.75. The monoisotopic (exact) mass is 522 g/mol. The molecule has 190 valence electrons. The lowest BCUT2D eigenvalue weighted by molar-refractivity contribution is -0.142. The minimum Gasteiger partial charge on any atom is -0.496 e. The Balaban J connectivity index is 1.76. The van der Waals surface area contributed by atoms with Crippen molar-refractivity contribution in [2.75, 3.05) is 20.8 Å². The maximum absolute atomic E-state index is 13.3. The second-order valence-corrected chi connectivity index (χ2v) is 9.46. The van der Waals surface area contributed by atoms with E-state index < -0.39 is 6.04 Å². The number of hydrogen-bond acceptors (Lipinski definition) is 5. The van der Waals surface area contributed by atoms with Gasteiger partial charge in [-0.1, -0.05) is 48.5 Å². The van der Waals surface area contributed by atoms with Gasteiger partial charge in [-0.2, -0.15) is 0 Å². The Morgan fingerprint density at radius 1 is 1.00 bits per heavy atom. The zero-order valence-corrected chi connectivity index (χ0v) is 21.8. The summed E-state index contributed by atoms with van der Waals surface area (Å²) in [6, 6.07) is 9.52. The molecule has 3 rings (SSSR count). The average molecular weight is 523 g/mol. The van der Waals surface area contributed by atoms with E-state index in [9.17, 15) is 9.59 Å². The molecule has 0 saturated heterocycles. The van der Waals surface area contributed by atoms with Gasteiger partial charge in [-0.3, -0.25) is 9.59 Å². The zero-order chi connectivity index (χ0) is 25.4. The van der Waals surface area contributed by atoms with E-state index in [0.717, 1.165) is 25.7 Å². The highest BCUT2D eigenvalue weighted by Gasteiger charge is 2.29. The highest BCUT2D eigenvalue weighted by atomic mass is 35.5. The summed E-state index contributed by atoms with van der Waals surface area (Å²) in [5, 5.41) is 4.03. The Morgan fingerprint density at radius 3 is 2.23 bits per heavy atom. The van der Waals surface area contributed by atoms with Crippen molar-refractivity contribution < 1.29 is 23.8 Å². The van der Waals surface area contributed by atoms with Gasteiger partial charge in [0, 0.05) is 40.8 Å². The van der Waals surface area contributed by atoms with Crippen molar-refractivity contribution in [1.82, 2.24) is 10.2 Å². The number of amides is 2. The van der Waals surface area contributed by atoms with Gasteiger partial charge in [0.15, 0.2) is 6.61 Å². The molecule has 7 nitrogen and oxygen atoms in total. The van der Waals surface area contributed by atoms with Crippen molar-refractivity contribution in [1.29, 1.82) is 0 Å². The number of halogens is 2. The summed E-state index contributed by atoms with van der Waals surface area (Å²) in [6.07, 6.45) is 5.29. The van der Waals surface area contributed by atoms with Crippen LogP contribution in [-0.2, 0) is 16.1 Å². The van der Waals surface area contributed by atoms with Crippen LogP contribution in [0.1, 0.15) is 44.6 Å². The van der Waals surface area contributed by atoms with E-state index >= 15 is 0 Å². The maximum atomic E-state index is 13.3. The lowest BCUT2D eigenvalue weighted by Crippen LogP contribution is -2.51. The van der Waals surface area contributed by atoms with Crippen molar-refractivity contribution in [3.8, 4) is 17.2 Å². The molecule has 1 saturated carbocycles. The van der Waals surface area contributed by atoms with Gasteiger partial charge >= 0.3 is 0 Å². The molecule has 0 bridgehead atoms. The summed E-state index contributed by atoms with van der Waals surface area (Å²) >= 11 is 12.4. The number of nitrogens with one attached hydrogen (secondary N) is 1. The highest BCUT2D eigenvalue weighted by molar-refractivity contribution is 6.35. The molecule has 1 aliphatic carbocycles. The molecule has 2 aromatic carbocycles. The number of carbonyl (C=O) groups is 2. The highest BCUT2D eigenvalue weighted by Crippen LogP contribution is 2.28. The van der Waals surface area contributed by atoms with E-state index in [1.54, 1.807) is 43.3 Å². The topological polar surface area (TPSA) is 77.1 Å². The summed E-state index contributed by atoms with van der Waals surface area (Å²) in [4.78, 5) is 27.9. The first-order valence-corrected chi connectivity index (χ1v) is 12.5. The Labute approximate surface area is 216 Å². The molecule has 1 fully saturated rings. The zero-order valence-electron chi connectivity index (χ0n) is 20.3. The largest absolute Gasteiger partial charge is 0.496 e. The van der Waals surface area contributed by atoms with Crippen LogP contribution < -0.4 is 19.5 Å². The molecule has 9 heteroatoms. The third kappa shape index (κ3) is 7.67. The Morgan fingerprint density at radius 2 is 1.63 bits per heavy atom. The normalized spacial score (nSPS) is 14.7. The smallest absolute Gasteiger partial charge is 0.261 e. The molecular weight excluding hydrogens is 491 g/mol. The van der Waals surface area contributed by atoms with Crippen molar-refractivity contribution in [2.24, 2.45) is 0 Å². The van der Waals surface area contributed by atoms with Crippen LogP contribution in [0.5, 0.6) is 17.2 Å². The SMILES string of the molecule is COc1cc(OC)cc(OCC(=O)N(Cc2ccc(Cl)cc2Cl)C(C)C(=O)NC2CCCCC2)c1. The average Bonchev–Trinajstić information content (AvgIpc) is 2.86. The van der Waals surface area contributed by atoms with Crippen LogP contribution in [0.2, 0.25) is 10.0 Å². The van der Waals surface area contributed by atoms with Crippen molar-refractivity contribution in [3.63, 3.8) is 0 Å². The van der Waals surface area contributed by atoms with Gasteiger partial charge in [0.25, 0.3) is 5.91 Å². The van der Waals surface area contributed by atoms with Gasteiger partial charge in [0.2, 0.25) is 5.91 Å². The number of rotatable bonds is 10. The fourth-order valence-corrected chi connectivity index (χ4v) is 4.55. The Bertz CT molecular complexity index is 1000. The number of methoxy groups -OCH3 is 2. The fourth-order valence-electron chi connectivity index (χ4n) is 4.08. The molecule has 0 aliphatic heterocycles. The van der Waals surface area contributed by atoms with E-state index in [1.165, 1.54) is 25.5 Å². The van der Waals surface area contributed by atoms with E-state index in [1.807, 2.05) is 0 Å². The summed E-state index contributed by atoms with van der Waals surface area (Å²) in [7, 11) is 3.07. The maximum Gasteiger partial charge on any atom is 0.261 e. The van der Waals surface area contributed by atoms with Crippen LogP contribution in [-0.4, -0.2) is 49.6 Å². The minimum atomic E-state index is -0.723. The van der Waals surface area contributed by atoms with Gasteiger partial charge in [0.05, 0.1) is 14.2 Å².